The van der Waals surface area contributed by atoms with E-state index in [1.54, 1.807) is 0 Å². The van der Waals surface area contributed by atoms with Gasteiger partial charge in [-0.15, -0.1) is 0 Å². The number of rotatable bonds is 3. The molecule has 0 aliphatic rings. The molecule has 0 bridgehead atoms. The summed E-state index contributed by atoms with van der Waals surface area (Å²) >= 11 is 0. The van der Waals surface area contributed by atoms with Crippen LogP contribution in [0.25, 0.3) is 0 Å². The van der Waals surface area contributed by atoms with Crippen LogP contribution < -0.4 is 0 Å². The van der Waals surface area contributed by atoms with E-state index in [9.17, 15) is 0 Å². The van der Waals surface area contributed by atoms with Gasteiger partial charge in [0.1, 0.15) is 0 Å². The first kappa shape index (κ1) is 19.3. The molecule has 0 aromatic carbocycles. The van der Waals surface area contributed by atoms with Crippen LogP contribution in [0.5, 0.6) is 0 Å². The Hall–Kier alpha value is 0. The van der Waals surface area contributed by atoms with Crippen molar-refractivity contribution in [1.82, 2.24) is 0 Å². The van der Waals surface area contributed by atoms with Gasteiger partial charge in [0.15, 0.2) is 0 Å². The lowest BCUT2D eigenvalue weighted by Gasteiger charge is -2.29. The molecule has 106 valence electrons. The van der Waals surface area contributed by atoms with Crippen molar-refractivity contribution >= 4 is 0 Å². The van der Waals surface area contributed by atoms with Gasteiger partial charge < -0.3 is 0 Å². The molecule has 0 spiro atoms. The van der Waals surface area contributed by atoms with Gasteiger partial charge >= 0.3 is 0 Å². The summed E-state index contributed by atoms with van der Waals surface area (Å²) in [7, 11) is 0. The Morgan fingerprint density at radius 3 is 1.18 bits per heavy atom. The molecule has 0 nitrogen and oxygen atoms in total. The smallest absolute Gasteiger partial charge is 0.0380 e. The Kier molecular flexibility index (Phi) is 8.46. The average molecular weight is 242 g/mol. The predicted molar refractivity (Wildman–Crippen MR) is 82.4 cm³/mol. The minimum absolute atomic E-state index is 0.489. The minimum Gasteiger partial charge on any atom is -0.0625 e. The summed E-state index contributed by atoms with van der Waals surface area (Å²) in [5.74, 6) is 2.52. The molecule has 0 heterocycles. The second-order valence-corrected chi connectivity index (χ2v) is 8.85. The Balaban J connectivity index is 0. The van der Waals surface area contributed by atoms with Crippen LogP contribution >= 0.6 is 0 Å². The molecule has 0 saturated heterocycles. The maximum Gasteiger partial charge on any atom is -0.0380 e. The van der Waals surface area contributed by atoms with Crippen molar-refractivity contribution in [2.45, 2.75) is 82.6 Å². The van der Waals surface area contributed by atoms with Gasteiger partial charge in [0.25, 0.3) is 0 Å². The molecule has 0 radical (unpaired) electrons. The lowest BCUT2D eigenvalue weighted by Crippen LogP contribution is -2.20. The zero-order chi connectivity index (χ0) is 14.4. The van der Waals surface area contributed by atoms with Crippen molar-refractivity contribution in [1.29, 1.82) is 0 Å². The molecule has 0 aromatic rings. The van der Waals surface area contributed by atoms with Crippen LogP contribution in [0.4, 0.5) is 0 Å². The van der Waals surface area contributed by atoms with E-state index in [0.29, 0.717) is 10.8 Å². The minimum atomic E-state index is 0.489. The monoisotopic (exact) mass is 242 g/mol. The van der Waals surface area contributed by atoms with Crippen LogP contribution in [-0.4, -0.2) is 0 Å². The summed E-state index contributed by atoms with van der Waals surface area (Å²) < 4.78 is 0. The van der Waals surface area contributed by atoms with Gasteiger partial charge in [-0.05, 0) is 35.0 Å². The van der Waals surface area contributed by atoms with Crippen molar-refractivity contribution in [2.24, 2.45) is 28.6 Å². The van der Waals surface area contributed by atoms with Crippen molar-refractivity contribution in [3.63, 3.8) is 0 Å². The molecule has 0 fully saturated rings. The van der Waals surface area contributed by atoms with E-state index >= 15 is 0 Å². The second-order valence-electron chi connectivity index (χ2n) is 8.85. The summed E-state index contributed by atoms with van der Waals surface area (Å²) in [5.41, 5.74) is 0.989. The highest BCUT2D eigenvalue weighted by Crippen LogP contribution is 2.31. The molecule has 0 aromatic heterocycles. The van der Waals surface area contributed by atoms with Crippen LogP contribution in [0.2, 0.25) is 0 Å². The summed E-state index contributed by atoms with van der Waals surface area (Å²) in [6.45, 7) is 25.1. The van der Waals surface area contributed by atoms with Crippen LogP contribution in [-0.2, 0) is 0 Å². The maximum absolute atomic E-state index is 2.38. The summed E-state index contributed by atoms with van der Waals surface area (Å²) in [6, 6.07) is 0. The third-order valence-electron chi connectivity index (χ3n) is 2.88. The van der Waals surface area contributed by atoms with Crippen LogP contribution in [0.15, 0.2) is 0 Å². The lowest BCUT2D eigenvalue weighted by molar-refractivity contribution is 0.211. The van der Waals surface area contributed by atoms with Crippen molar-refractivity contribution in [3.05, 3.63) is 0 Å². The van der Waals surface area contributed by atoms with Crippen LogP contribution in [0.1, 0.15) is 82.6 Å². The van der Waals surface area contributed by atoms with Gasteiger partial charge in [-0.25, -0.2) is 0 Å². The summed E-state index contributed by atoms with van der Waals surface area (Å²) in [5, 5.41) is 0. The molecule has 0 saturated carbocycles. The van der Waals surface area contributed by atoms with E-state index in [-0.39, 0.29) is 0 Å². The lowest BCUT2D eigenvalue weighted by atomic mass is 9.76. The van der Waals surface area contributed by atoms with E-state index in [1.807, 2.05) is 0 Å². The van der Waals surface area contributed by atoms with Crippen LogP contribution in [0, 0.1) is 28.6 Å². The first-order chi connectivity index (χ1) is 7.24. The van der Waals surface area contributed by atoms with Crippen molar-refractivity contribution < 1.29 is 0 Å². The first-order valence-corrected chi connectivity index (χ1v) is 7.24. The van der Waals surface area contributed by atoms with Gasteiger partial charge in [-0.3, -0.25) is 0 Å². The van der Waals surface area contributed by atoms with Gasteiger partial charge in [-0.1, -0.05) is 76.2 Å². The molecule has 0 heteroatoms. The Bertz CT molecular complexity index is 169. The number of hydrogen-bond donors (Lipinski definition) is 0. The van der Waals surface area contributed by atoms with E-state index < -0.39 is 0 Å². The third kappa shape index (κ3) is 18.6. The van der Waals surface area contributed by atoms with E-state index in [4.69, 9.17) is 0 Å². The number of hydrogen-bond acceptors (Lipinski definition) is 0. The van der Waals surface area contributed by atoms with E-state index in [0.717, 1.165) is 17.8 Å². The summed E-state index contributed by atoms with van der Waals surface area (Å²) in [4.78, 5) is 0. The highest BCUT2D eigenvalue weighted by Gasteiger charge is 2.21. The van der Waals surface area contributed by atoms with E-state index in [1.165, 1.54) is 6.42 Å². The van der Waals surface area contributed by atoms with Crippen molar-refractivity contribution in [2.75, 3.05) is 0 Å². The SMILES string of the molecule is CC(C)(C)C.CC(C)C(C)C(C)CC(C)(C)C. The zero-order valence-electron chi connectivity index (χ0n) is 14.4. The normalized spacial score (nSPS) is 16.2. The third-order valence-corrected chi connectivity index (χ3v) is 2.88. The predicted octanol–water partition coefficient (Wildman–Crippen LogP) is 6.40. The Morgan fingerprint density at radius 2 is 1.00 bits per heavy atom. The van der Waals surface area contributed by atoms with Gasteiger partial charge in [0, 0.05) is 0 Å². The van der Waals surface area contributed by atoms with Gasteiger partial charge in [0.2, 0.25) is 0 Å². The molecule has 0 N–H and O–H groups in total. The molecule has 0 rings (SSSR count). The molecule has 2 atom stereocenters. The van der Waals surface area contributed by atoms with Gasteiger partial charge in [0.05, 0.1) is 0 Å². The fourth-order valence-electron chi connectivity index (χ4n) is 1.81. The summed E-state index contributed by atoms with van der Waals surface area (Å²) in [6.07, 6.45) is 1.34. The molecule has 0 amide bonds. The molecule has 17 heavy (non-hydrogen) atoms. The molecule has 0 aliphatic heterocycles. The maximum atomic E-state index is 2.38. The standard InChI is InChI=1S/C12H26.C5H12/c1-9(2)11(4)10(3)8-12(5,6)7;1-5(2,3)4/h9-11H,8H2,1-7H3;1-4H3. The molecule has 2 unspecified atom stereocenters. The van der Waals surface area contributed by atoms with E-state index in [2.05, 4.69) is 76.2 Å². The first-order valence-electron chi connectivity index (χ1n) is 7.24. The van der Waals surface area contributed by atoms with Crippen LogP contribution in [0.3, 0.4) is 0 Å². The Labute approximate surface area is 112 Å². The second kappa shape index (κ2) is 7.44. The zero-order valence-corrected chi connectivity index (χ0v) is 14.4. The molecular weight excluding hydrogens is 204 g/mol. The quantitative estimate of drug-likeness (QED) is 0.537. The average Bonchev–Trinajstić information content (AvgIpc) is 1.95. The van der Waals surface area contributed by atoms with Crippen molar-refractivity contribution in [3.8, 4) is 0 Å². The molecular formula is C17H38. The highest BCUT2D eigenvalue weighted by atomic mass is 14.3. The fourth-order valence-corrected chi connectivity index (χ4v) is 1.81. The topological polar surface area (TPSA) is 0 Å². The highest BCUT2D eigenvalue weighted by molar-refractivity contribution is 4.71. The van der Waals surface area contributed by atoms with Gasteiger partial charge in [-0.2, -0.15) is 0 Å². The Morgan fingerprint density at radius 1 is 0.706 bits per heavy atom. The largest absolute Gasteiger partial charge is 0.0625 e. The fraction of sp³-hybridized carbons (Fsp3) is 1.00. The molecule has 0 aliphatic carbocycles.